The van der Waals surface area contributed by atoms with E-state index in [1.54, 1.807) is 0 Å². The first kappa shape index (κ1) is 7.30. The van der Waals surface area contributed by atoms with Crippen molar-refractivity contribution in [2.24, 2.45) is 0 Å². The average Bonchev–Trinajstić information content (AvgIpc) is 2.33. The van der Waals surface area contributed by atoms with Gasteiger partial charge in [0.25, 0.3) is 0 Å². The van der Waals surface area contributed by atoms with Crippen molar-refractivity contribution >= 4 is 11.8 Å². The van der Waals surface area contributed by atoms with Gasteiger partial charge < -0.3 is 16.8 Å². The molecule has 0 saturated carbocycles. The highest BCUT2D eigenvalue weighted by Crippen LogP contribution is 2.26. The first-order chi connectivity index (χ1) is 5.68. The molecular weight excluding hydrogens is 154 g/mol. The van der Waals surface area contributed by atoms with Crippen LogP contribution in [0.15, 0.2) is 0 Å². The molecule has 5 N–H and O–H groups in total. The summed E-state index contributed by atoms with van der Waals surface area (Å²) in [5.74, 6) is 0.746. The van der Waals surface area contributed by atoms with Crippen molar-refractivity contribution in [3.63, 3.8) is 0 Å². The van der Waals surface area contributed by atoms with Crippen LogP contribution in [0.5, 0.6) is 0 Å². The molecule has 0 spiro atoms. The zero-order valence-electron chi connectivity index (χ0n) is 6.83. The van der Waals surface area contributed by atoms with Crippen LogP contribution in [0.2, 0.25) is 0 Å². The van der Waals surface area contributed by atoms with Crippen LogP contribution in [0.3, 0.4) is 0 Å². The van der Waals surface area contributed by atoms with Crippen molar-refractivity contribution in [3.05, 3.63) is 11.3 Å². The van der Waals surface area contributed by atoms with Gasteiger partial charge in [-0.3, -0.25) is 0 Å². The van der Waals surface area contributed by atoms with Crippen molar-refractivity contribution in [1.29, 1.82) is 0 Å². The minimum absolute atomic E-state index is 0.229. The van der Waals surface area contributed by atoms with Crippen molar-refractivity contribution in [2.45, 2.75) is 19.5 Å². The van der Waals surface area contributed by atoms with Crippen LogP contribution in [-0.2, 0) is 6.54 Å². The van der Waals surface area contributed by atoms with Gasteiger partial charge in [0.15, 0.2) is 0 Å². The van der Waals surface area contributed by atoms with Crippen LogP contribution in [0, 0.1) is 0 Å². The van der Waals surface area contributed by atoms with Gasteiger partial charge >= 0.3 is 0 Å². The Bertz CT molecular complexity index is 322. The quantitative estimate of drug-likeness (QED) is 0.495. The molecule has 0 unspecified atom stereocenters. The van der Waals surface area contributed by atoms with E-state index in [4.69, 9.17) is 11.5 Å². The maximum absolute atomic E-state index is 5.66. The number of hydrogen-bond acceptors (Lipinski definition) is 5. The largest absolute Gasteiger partial charge is 0.383 e. The molecule has 1 aromatic rings. The number of hydrogen-bond donors (Lipinski definition) is 3. The molecule has 0 radical (unpaired) electrons. The molecule has 0 aromatic carbocycles. The Morgan fingerprint density at radius 2 is 2.17 bits per heavy atom. The summed E-state index contributed by atoms with van der Waals surface area (Å²) >= 11 is 0. The third-order valence-electron chi connectivity index (χ3n) is 2.08. The van der Waals surface area contributed by atoms with Crippen molar-refractivity contribution in [3.8, 4) is 0 Å². The number of nitrogens with zero attached hydrogens (tertiary/aromatic N) is 2. The number of nitrogens with two attached hydrogens (primary N) is 2. The van der Waals surface area contributed by atoms with Gasteiger partial charge in [0, 0.05) is 18.2 Å². The molecule has 0 saturated heterocycles. The lowest BCUT2D eigenvalue weighted by Crippen LogP contribution is -2.08. The van der Waals surface area contributed by atoms with E-state index in [1.165, 1.54) is 0 Å². The molecule has 64 valence electrons. The molecular formula is C7H11N5. The van der Waals surface area contributed by atoms with Crippen molar-refractivity contribution < 1.29 is 0 Å². The summed E-state index contributed by atoms with van der Waals surface area (Å²) in [5.41, 5.74) is 13.0. The highest BCUT2D eigenvalue weighted by molar-refractivity contribution is 5.48. The monoisotopic (exact) mass is 165 g/mol. The van der Waals surface area contributed by atoms with E-state index in [-0.39, 0.29) is 12.0 Å². The predicted molar refractivity (Wildman–Crippen MR) is 46.1 cm³/mol. The van der Waals surface area contributed by atoms with Crippen molar-refractivity contribution in [1.82, 2.24) is 15.3 Å². The topological polar surface area (TPSA) is 89.8 Å². The van der Waals surface area contributed by atoms with Gasteiger partial charge in [-0.25, -0.2) is 4.98 Å². The van der Waals surface area contributed by atoms with E-state index in [1.807, 2.05) is 6.92 Å². The standard InChI is InChI=1S/C7H11N5/c1-3-5-4(2-10-3)6(8)12-7(9)11-5/h3,10H,2H2,1H3,(H4,8,9,11,12)/t3-/m0/s1. The number of fused-ring (bicyclic) bond motifs is 1. The highest BCUT2D eigenvalue weighted by atomic mass is 15.1. The van der Waals surface area contributed by atoms with Gasteiger partial charge in [-0.05, 0) is 6.92 Å². The molecule has 0 aliphatic carbocycles. The lowest BCUT2D eigenvalue weighted by molar-refractivity contribution is 0.624. The van der Waals surface area contributed by atoms with E-state index < -0.39 is 0 Å². The Labute approximate surface area is 70.2 Å². The fourth-order valence-corrected chi connectivity index (χ4v) is 1.43. The van der Waals surface area contributed by atoms with Crippen LogP contribution in [0.4, 0.5) is 11.8 Å². The summed E-state index contributed by atoms with van der Waals surface area (Å²) in [4.78, 5) is 8.00. The minimum atomic E-state index is 0.229. The molecule has 0 fully saturated rings. The maximum Gasteiger partial charge on any atom is 0.222 e. The molecule has 2 heterocycles. The SMILES string of the molecule is C[C@@H]1NCc2c(N)nc(N)nc21. The third kappa shape index (κ3) is 0.902. The molecule has 2 rings (SSSR count). The Kier molecular flexibility index (Phi) is 1.41. The zero-order chi connectivity index (χ0) is 8.72. The Balaban J connectivity index is 2.60. The van der Waals surface area contributed by atoms with E-state index in [0.29, 0.717) is 5.82 Å². The fraction of sp³-hybridized carbons (Fsp3) is 0.429. The minimum Gasteiger partial charge on any atom is -0.383 e. The van der Waals surface area contributed by atoms with E-state index in [0.717, 1.165) is 17.8 Å². The van der Waals surface area contributed by atoms with E-state index in [2.05, 4.69) is 15.3 Å². The summed E-state index contributed by atoms with van der Waals surface area (Å²) in [6.45, 7) is 2.76. The highest BCUT2D eigenvalue weighted by Gasteiger charge is 2.22. The van der Waals surface area contributed by atoms with E-state index >= 15 is 0 Å². The smallest absolute Gasteiger partial charge is 0.222 e. The molecule has 1 aliphatic heterocycles. The molecule has 5 nitrogen and oxygen atoms in total. The summed E-state index contributed by atoms with van der Waals surface area (Å²) in [5, 5.41) is 3.21. The Morgan fingerprint density at radius 3 is 2.92 bits per heavy atom. The summed E-state index contributed by atoms with van der Waals surface area (Å²) in [6, 6.07) is 0.229. The van der Waals surface area contributed by atoms with Crippen molar-refractivity contribution in [2.75, 3.05) is 11.5 Å². The third-order valence-corrected chi connectivity index (χ3v) is 2.08. The lowest BCUT2D eigenvalue weighted by Gasteiger charge is -2.04. The second kappa shape index (κ2) is 2.31. The van der Waals surface area contributed by atoms with Crippen LogP contribution >= 0.6 is 0 Å². The zero-order valence-corrected chi connectivity index (χ0v) is 6.83. The van der Waals surface area contributed by atoms with Gasteiger partial charge in [-0.2, -0.15) is 4.98 Å². The van der Waals surface area contributed by atoms with Gasteiger partial charge in [0.1, 0.15) is 5.82 Å². The Hall–Kier alpha value is -1.36. The summed E-state index contributed by atoms with van der Waals surface area (Å²) in [7, 11) is 0. The molecule has 12 heavy (non-hydrogen) atoms. The number of anilines is 2. The van der Waals surface area contributed by atoms with Crippen LogP contribution in [0.1, 0.15) is 24.2 Å². The number of aromatic nitrogens is 2. The molecule has 5 heteroatoms. The number of nitrogen functional groups attached to an aromatic ring is 2. The first-order valence-corrected chi connectivity index (χ1v) is 3.83. The molecule has 0 bridgehead atoms. The maximum atomic E-state index is 5.66. The van der Waals surface area contributed by atoms with Gasteiger partial charge in [0.2, 0.25) is 5.95 Å². The summed E-state index contributed by atoms with van der Waals surface area (Å²) < 4.78 is 0. The average molecular weight is 165 g/mol. The van der Waals surface area contributed by atoms with Gasteiger partial charge in [-0.15, -0.1) is 0 Å². The summed E-state index contributed by atoms with van der Waals surface area (Å²) in [6.07, 6.45) is 0. The predicted octanol–water partition coefficient (Wildman–Crippen LogP) is -0.195. The van der Waals surface area contributed by atoms with Crippen LogP contribution in [-0.4, -0.2) is 9.97 Å². The second-order valence-electron chi connectivity index (χ2n) is 2.93. The fourth-order valence-electron chi connectivity index (χ4n) is 1.43. The molecule has 0 amide bonds. The Morgan fingerprint density at radius 1 is 1.42 bits per heavy atom. The number of nitrogens with one attached hydrogen (secondary N) is 1. The van der Waals surface area contributed by atoms with E-state index in [9.17, 15) is 0 Å². The molecule has 1 aliphatic rings. The number of rotatable bonds is 0. The van der Waals surface area contributed by atoms with Crippen LogP contribution in [0.25, 0.3) is 0 Å². The second-order valence-corrected chi connectivity index (χ2v) is 2.93. The first-order valence-electron chi connectivity index (χ1n) is 3.83. The van der Waals surface area contributed by atoms with Crippen LogP contribution < -0.4 is 16.8 Å². The molecule has 1 atom stereocenters. The normalized spacial score (nSPS) is 20.9. The van der Waals surface area contributed by atoms with Gasteiger partial charge in [-0.1, -0.05) is 0 Å². The lowest BCUT2D eigenvalue weighted by atomic mass is 10.2. The van der Waals surface area contributed by atoms with Gasteiger partial charge in [0.05, 0.1) is 5.69 Å². The molecule has 1 aromatic heterocycles.